The van der Waals surface area contributed by atoms with Gasteiger partial charge in [0.05, 0.1) is 50.2 Å². The van der Waals surface area contributed by atoms with Crippen LogP contribution in [-0.4, -0.2) is 72.7 Å². The van der Waals surface area contributed by atoms with Crippen LogP contribution in [-0.2, 0) is 17.7 Å². The van der Waals surface area contributed by atoms with Crippen molar-refractivity contribution in [1.82, 2.24) is 9.80 Å². The summed E-state index contributed by atoms with van der Waals surface area (Å²) in [7, 11) is 2.18. The average Bonchev–Trinajstić information content (AvgIpc) is 3.31. The van der Waals surface area contributed by atoms with E-state index >= 15 is 0 Å². The van der Waals surface area contributed by atoms with E-state index < -0.39 is 0 Å². The molecule has 9 heteroatoms. The smallest absolute Gasteiger partial charge is 0.414 e. The van der Waals surface area contributed by atoms with Crippen LogP contribution < -0.4 is 29.3 Å². The number of rotatable bonds is 7. The zero-order valence-corrected chi connectivity index (χ0v) is 27.7. The standard InChI is InChI=1S/C34H38N5O2S.HI/c1-26-23-29-32(35-30-15-9-10-16-31(30)36-33(29)42-26)37-19-21-39(2,22-20-37)25-41-34(40)38(24-28-13-7-4-8-14-28)18-17-27-11-5-3-6-12-27;/h3-16,23,36H,17-22,24-25H2,1-2H3;1H/q+1;/p-1. The number of aryl methyl sites for hydroxylation is 1. The Kier molecular flexibility index (Phi) is 10.0. The number of carbonyl (C=O) groups is 1. The van der Waals surface area contributed by atoms with Crippen molar-refractivity contribution < 1.29 is 38.0 Å². The lowest BCUT2D eigenvalue weighted by Gasteiger charge is -2.42. The number of piperazine rings is 1. The van der Waals surface area contributed by atoms with E-state index in [2.05, 4.69) is 66.7 Å². The van der Waals surface area contributed by atoms with Crippen molar-refractivity contribution >= 4 is 39.6 Å². The van der Waals surface area contributed by atoms with Gasteiger partial charge in [0.25, 0.3) is 0 Å². The summed E-state index contributed by atoms with van der Waals surface area (Å²) in [4.78, 5) is 24.0. The largest absolute Gasteiger partial charge is 1.00 e. The molecule has 0 bridgehead atoms. The van der Waals surface area contributed by atoms with Crippen LogP contribution >= 0.6 is 11.3 Å². The highest BCUT2D eigenvalue weighted by Crippen LogP contribution is 2.39. The number of nitrogens with zero attached hydrogens (tertiary/aromatic N) is 4. The molecule has 3 aromatic carbocycles. The van der Waals surface area contributed by atoms with Crippen molar-refractivity contribution in [2.24, 2.45) is 4.99 Å². The molecule has 6 rings (SSSR count). The molecule has 224 valence electrons. The predicted octanol–water partition coefficient (Wildman–Crippen LogP) is 3.80. The summed E-state index contributed by atoms with van der Waals surface area (Å²) < 4.78 is 6.69. The molecule has 4 aromatic rings. The molecule has 7 nitrogen and oxygen atoms in total. The van der Waals surface area contributed by atoms with E-state index in [0.717, 1.165) is 65.9 Å². The molecule has 1 fully saturated rings. The van der Waals surface area contributed by atoms with Gasteiger partial charge in [-0.2, -0.15) is 0 Å². The zero-order valence-electron chi connectivity index (χ0n) is 24.7. The van der Waals surface area contributed by atoms with Crippen LogP contribution in [0, 0.1) is 6.92 Å². The highest BCUT2D eigenvalue weighted by Gasteiger charge is 2.34. The Morgan fingerprint density at radius 1 is 0.977 bits per heavy atom. The lowest BCUT2D eigenvalue weighted by atomic mass is 10.1. The Bertz CT molecular complexity index is 1550. The Hall–Kier alpha value is -3.41. The van der Waals surface area contributed by atoms with Gasteiger partial charge in [-0.25, -0.2) is 9.79 Å². The molecule has 3 heterocycles. The van der Waals surface area contributed by atoms with Crippen LogP contribution in [0.25, 0.3) is 0 Å². The van der Waals surface area contributed by atoms with Crippen molar-refractivity contribution in [1.29, 1.82) is 0 Å². The molecular weight excluding hydrogens is 669 g/mol. The van der Waals surface area contributed by atoms with Gasteiger partial charge in [0, 0.05) is 18.0 Å². The van der Waals surface area contributed by atoms with Crippen LogP contribution in [0.15, 0.2) is 96.0 Å². The number of carbonyl (C=O) groups excluding carboxylic acids is 1. The fourth-order valence-electron chi connectivity index (χ4n) is 5.53. The highest BCUT2D eigenvalue weighted by molar-refractivity contribution is 7.16. The fourth-order valence-corrected chi connectivity index (χ4v) is 6.45. The molecule has 0 saturated carbocycles. The number of nitrogens with one attached hydrogen (secondary N) is 1. The van der Waals surface area contributed by atoms with Gasteiger partial charge in [0.15, 0.2) is 0 Å². The third-order valence-electron chi connectivity index (χ3n) is 8.08. The van der Waals surface area contributed by atoms with Gasteiger partial charge in [0.2, 0.25) is 6.73 Å². The molecule has 2 aliphatic rings. The van der Waals surface area contributed by atoms with Crippen molar-refractivity contribution in [2.75, 3.05) is 51.8 Å². The molecule has 0 atom stereocenters. The van der Waals surface area contributed by atoms with E-state index in [-0.39, 0.29) is 30.1 Å². The normalized spacial score (nSPS) is 15.1. The highest BCUT2D eigenvalue weighted by atomic mass is 127. The number of amides is 1. The number of amidine groups is 1. The first-order valence-electron chi connectivity index (χ1n) is 14.6. The number of anilines is 2. The summed E-state index contributed by atoms with van der Waals surface area (Å²) in [6.07, 6.45) is 0.527. The quantitative estimate of drug-likeness (QED) is 0.235. The van der Waals surface area contributed by atoms with Gasteiger partial charge in [0.1, 0.15) is 10.8 Å². The van der Waals surface area contributed by atoms with E-state index in [0.29, 0.717) is 24.3 Å². The van der Waals surface area contributed by atoms with Crippen molar-refractivity contribution in [3.63, 3.8) is 0 Å². The summed E-state index contributed by atoms with van der Waals surface area (Å²) in [5, 5.41) is 4.74. The minimum absolute atomic E-state index is 0. The first kappa shape index (κ1) is 31.0. The SMILES string of the molecule is Cc1cc2c(s1)Nc1ccccc1N=C2N1CC[N+](C)(COC(=O)N(CCc2ccccc2)Cc2ccccc2)CC1.[I-]. The van der Waals surface area contributed by atoms with E-state index in [9.17, 15) is 4.79 Å². The number of likely N-dealkylation sites (N-methyl/N-ethyl adjacent to an activating group) is 1. The van der Waals surface area contributed by atoms with Crippen LogP contribution in [0.5, 0.6) is 0 Å². The molecule has 43 heavy (non-hydrogen) atoms. The molecule has 0 radical (unpaired) electrons. The van der Waals surface area contributed by atoms with Crippen LogP contribution in [0.1, 0.15) is 21.6 Å². The first-order valence-corrected chi connectivity index (χ1v) is 15.4. The van der Waals surface area contributed by atoms with E-state index in [1.165, 1.54) is 10.4 Å². The number of benzene rings is 3. The maximum Gasteiger partial charge on any atom is 0.414 e. The second-order valence-corrected chi connectivity index (χ2v) is 12.7. The molecule has 1 aromatic heterocycles. The number of thiophene rings is 1. The lowest BCUT2D eigenvalue weighted by Crippen LogP contribution is -3.00. The summed E-state index contributed by atoms with van der Waals surface area (Å²) in [5.74, 6) is 1.02. The molecule has 0 aliphatic carbocycles. The number of ether oxygens (including phenoxy) is 1. The lowest BCUT2D eigenvalue weighted by molar-refractivity contribution is -0.929. The first-order chi connectivity index (χ1) is 20.5. The summed E-state index contributed by atoms with van der Waals surface area (Å²) in [6, 6.07) is 30.9. The zero-order chi connectivity index (χ0) is 28.9. The Balaban J connectivity index is 0.00000368. The molecule has 0 unspecified atom stereocenters. The summed E-state index contributed by atoms with van der Waals surface area (Å²) in [5.41, 5.74) is 5.46. The minimum Gasteiger partial charge on any atom is -1.00 e. The fraction of sp³-hybridized carbons (Fsp3) is 0.294. The molecule has 1 amide bonds. The maximum absolute atomic E-state index is 13.4. The topological polar surface area (TPSA) is 57.2 Å². The Labute approximate surface area is 275 Å². The van der Waals surface area contributed by atoms with Crippen LogP contribution in [0.2, 0.25) is 0 Å². The van der Waals surface area contributed by atoms with Gasteiger partial charge in [-0.15, -0.1) is 11.3 Å². The third kappa shape index (κ3) is 7.57. The van der Waals surface area contributed by atoms with Gasteiger partial charge in [-0.1, -0.05) is 72.8 Å². The molecule has 1 saturated heterocycles. The van der Waals surface area contributed by atoms with E-state index in [1.54, 1.807) is 11.3 Å². The second-order valence-electron chi connectivity index (χ2n) is 11.4. The van der Waals surface area contributed by atoms with Gasteiger partial charge < -0.3 is 43.8 Å². The second kappa shape index (κ2) is 13.9. The van der Waals surface area contributed by atoms with Crippen molar-refractivity contribution in [3.8, 4) is 0 Å². The van der Waals surface area contributed by atoms with E-state index in [1.807, 2.05) is 53.4 Å². The van der Waals surface area contributed by atoms with Crippen molar-refractivity contribution in [3.05, 3.63) is 113 Å². The van der Waals surface area contributed by atoms with Gasteiger partial charge in [-0.05, 0) is 42.7 Å². The average molecular weight is 708 g/mol. The van der Waals surface area contributed by atoms with E-state index in [4.69, 9.17) is 9.73 Å². The molecular formula is C34H38IN5O2S. The van der Waals surface area contributed by atoms with Gasteiger partial charge >= 0.3 is 6.09 Å². The Morgan fingerprint density at radius 3 is 2.35 bits per heavy atom. The summed E-state index contributed by atoms with van der Waals surface area (Å²) in [6.45, 7) is 7.03. The number of hydrogen-bond donors (Lipinski definition) is 1. The maximum atomic E-state index is 13.4. The molecule has 2 aliphatic heterocycles. The molecule has 1 N–H and O–H groups in total. The number of quaternary nitrogens is 1. The predicted molar refractivity (Wildman–Crippen MR) is 171 cm³/mol. The monoisotopic (exact) mass is 707 g/mol. The number of halogens is 1. The Morgan fingerprint density at radius 2 is 1.63 bits per heavy atom. The summed E-state index contributed by atoms with van der Waals surface area (Å²) >= 11 is 1.77. The van der Waals surface area contributed by atoms with Crippen LogP contribution in [0.4, 0.5) is 21.2 Å². The van der Waals surface area contributed by atoms with Gasteiger partial charge in [-0.3, -0.25) is 4.48 Å². The van der Waals surface area contributed by atoms with Crippen LogP contribution in [0.3, 0.4) is 0 Å². The number of fused-ring (bicyclic) bond motifs is 2. The number of hydrogen-bond acceptors (Lipinski definition) is 6. The number of para-hydroxylation sites is 2. The minimum atomic E-state index is -0.259. The molecule has 0 spiro atoms. The third-order valence-corrected chi connectivity index (χ3v) is 9.05. The number of aliphatic imine (C=N–C) groups is 1. The van der Waals surface area contributed by atoms with Crippen molar-refractivity contribution in [2.45, 2.75) is 19.9 Å².